The van der Waals surface area contributed by atoms with Gasteiger partial charge in [0.05, 0.1) is 11.8 Å². The van der Waals surface area contributed by atoms with E-state index < -0.39 is 10.1 Å². The molecule has 1 aromatic carbocycles. The van der Waals surface area contributed by atoms with E-state index in [1.807, 2.05) is 18.2 Å². The van der Waals surface area contributed by atoms with Crippen molar-refractivity contribution in [1.29, 1.82) is 5.26 Å². The van der Waals surface area contributed by atoms with E-state index >= 15 is 0 Å². The van der Waals surface area contributed by atoms with Gasteiger partial charge in [0.15, 0.2) is 0 Å². The number of allylic oxidation sites excluding steroid dienone is 2. The fraction of sp³-hybridized carbons (Fsp3) is 0.0769. The lowest BCUT2D eigenvalue weighted by atomic mass is 10.0. The van der Waals surface area contributed by atoms with Crippen LogP contribution in [-0.2, 0) is 14.4 Å². The predicted molar refractivity (Wildman–Crippen MR) is 79.1 cm³/mol. The van der Waals surface area contributed by atoms with Crippen molar-refractivity contribution in [3.8, 4) is 6.07 Å². The summed E-state index contributed by atoms with van der Waals surface area (Å²) in [6.07, 6.45) is 2.62. The second-order valence-corrected chi connectivity index (χ2v) is 6.31. The maximum atomic E-state index is 11.0. The zero-order chi connectivity index (χ0) is 14.6. The van der Waals surface area contributed by atoms with Gasteiger partial charge >= 0.3 is 10.1 Å². The summed E-state index contributed by atoms with van der Waals surface area (Å²) in [6.45, 7) is 0. The molecule has 0 amide bonds. The highest BCUT2D eigenvalue weighted by Crippen LogP contribution is 2.30. The van der Waals surface area contributed by atoms with E-state index in [0.717, 1.165) is 11.8 Å². The fourth-order valence-corrected chi connectivity index (χ4v) is 2.52. The van der Waals surface area contributed by atoms with Crippen LogP contribution in [0.25, 0.3) is 5.57 Å². The number of benzene rings is 1. The van der Waals surface area contributed by atoms with Gasteiger partial charge in [0.2, 0.25) is 0 Å². The molecule has 0 fully saturated rings. The minimum atomic E-state index is -3.67. The highest BCUT2D eigenvalue weighted by Gasteiger charge is 2.18. The summed E-state index contributed by atoms with van der Waals surface area (Å²) in [6, 6.07) is 11.2. The molecule has 0 aromatic heterocycles. The van der Waals surface area contributed by atoms with E-state index in [9.17, 15) is 13.7 Å². The van der Waals surface area contributed by atoms with E-state index in [1.54, 1.807) is 23.6 Å². The Labute approximate surface area is 121 Å². The molecular formula is C13H10N2O3S2. The minimum Gasteiger partial charge on any atom is -0.268 e. The van der Waals surface area contributed by atoms with E-state index in [2.05, 4.69) is 15.5 Å². The van der Waals surface area contributed by atoms with Crippen molar-refractivity contribution in [2.45, 2.75) is 0 Å². The van der Waals surface area contributed by atoms with E-state index in [4.69, 9.17) is 0 Å². The average Bonchev–Trinajstić information content (AvgIpc) is 2.86. The highest BCUT2D eigenvalue weighted by molar-refractivity contribution is 8.17. The smallest absolute Gasteiger partial charge is 0.268 e. The number of nitriles is 1. The minimum absolute atomic E-state index is 0.343. The Morgan fingerprint density at radius 1 is 1.35 bits per heavy atom. The Balaban J connectivity index is 2.45. The molecule has 0 N–H and O–H groups in total. The van der Waals surface area contributed by atoms with Crippen LogP contribution in [0, 0.1) is 11.3 Å². The van der Waals surface area contributed by atoms with Crippen molar-refractivity contribution >= 4 is 32.5 Å². The lowest BCUT2D eigenvalue weighted by molar-refractivity contribution is 0.345. The summed E-state index contributed by atoms with van der Waals surface area (Å²) < 4.78 is 26.4. The van der Waals surface area contributed by atoms with Crippen LogP contribution >= 0.6 is 11.8 Å². The molecular weight excluding hydrogens is 296 g/mol. The largest absolute Gasteiger partial charge is 0.325 e. The first-order valence-corrected chi connectivity index (χ1v) is 8.21. The van der Waals surface area contributed by atoms with E-state index in [0.29, 0.717) is 16.2 Å². The van der Waals surface area contributed by atoms with E-state index in [1.165, 1.54) is 11.8 Å². The summed E-state index contributed by atoms with van der Waals surface area (Å²) in [7, 11) is -3.67. The van der Waals surface area contributed by atoms with Crippen molar-refractivity contribution in [1.82, 2.24) is 0 Å². The molecule has 102 valence electrons. The van der Waals surface area contributed by atoms with Crippen molar-refractivity contribution in [2.75, 3.05) is 6.26 Å². The standard InChI is InChI=1S/C13H10N2O3S2/c1-20(16,17)18-15-13-11(7-8-19-13)12(9-14)10-5-3-2-4-6-10/h2-8H,1H3/b12-11+,15-13-. The van der Waals surface area contributed by atoms with Gasteiger partial charge in [-0.3, -0.25) is 4.28 Å². The lowest BCUT2D eigenvalue weighted by Crippen LogP contribution is -2.01. The van der Waals surface area contributed by atoms with Gasteiger partial charge in [-0.05, 0) is 17.0 Å². The molecule has 1 aliphatic heterocycles. The summed E-state index contributed by atoms with van der Waals surface area (Å²) in [5.74, 6) is 0. The summed E-state index contributed by atoms with van der Waals surface area (Å²) in [5, 5.41) is 15.0. The van der Waals surface area contributed by atoms with E-state index in [-0.39, 0.29) is 0 Å². The monoisotopic (exact) mass is 306 g/mol. The third kappa shape index (κ3) is 3.50. The molecule has 0 aliphatic carbocycles. The second kappa shape index (κ2) is 5.94. The molecule has 5 nitrogen and oxygen atoms in total. The lowest BCUT2D eigenvalue weighted by Gasteiger charge is -2.04. The van der Waals surface area contributed by atoms with Crippen LogP contribution in [0.5, 0.6) is 0 Å². The van der Waals surface area contributed by atoms with Crippen LogP contribution in [0.1, 0.15) is 5.56 Å². The molecule has 1 heterocycles. The van der Waals surface area contributed by atoms with Gasteiger partial charge in [-0.15, -0.1) is 0 Å². The molecule has 0 radical (unpaired) electrons. The predicted octanol–water partition coefficient (Wildman–Crippen LogP) is 2.51. The van der Waals surface area contributed by atoms with Gasteiger partial charge in [0, 0.05) is 5.57 Å². The van der Waals surface area contributed by atoms with Crippen molar-refractivity contribution in [3.05, 3.63) is 53.0 Å². The average molecular weight is 306 g/mol. The number of nitrogens with zero attached hydrogens (tertiary/aromatic N) is 2. The molecule has 1 aromatic rings. The molecule has 7 heteroatoms. The Morgan fingerprint density at radius 3 is 2.65 bits per heavy atom. The number of thioether (sulfide) groups is 1. The Bertz CT molecular complexity index is 742. The first kappa shape index (κ1) is 14.4. The second-order valence-electron chi connectivity index (χ2n) is 3.86. The molecule has 0 bridgehead atoms. The summed E-state index contributed by atoms with van der Waals surface area (Å²) in [5.41, 5.74) is 1.71. The maximum Gasteiger partial charge on any atom is 0.325 e. The van der Waals surface area contributed by atoms with Crippen molar-refractivity contribution in [2.24, 2.45) is 5.16 Å². The van der Waals surface area contributed by atoms with Crippen LogP contribution in [0.4, 0.5) is 0 Å². The zero-order valence-electron chi connectivity index (χ0n) is 10.5. The molecule has 0 saturated heterocycles. The number of hydrogen-bond donors (Lipinski definition) is 0. The van der Waals surface area contributed by atoms with Crippen LogP contribution in [0.2, 0.25) is 0 Å². The van der Waals surface area contributed by atoms with Crippen LogP contribution in [0.3, 0.4) is 0 Å². The van der Waals surface area contributed by atoms with Crippen LogP contribution < -0.4 is 0 Å². The Morgan fingerprint density at radius 2 is 2.05 bits per heavy atom. The van der Waals surface area contributed by atoms with Crippen molar-refractivity contribution < 1.29 is 12.7 Å². The van der Waals surface area contributed by atoms with Crippen molar-refractivity contribution in [3.63, 3.8) is 0 Å². The summed E-state index contributed by atoms with van der Waals surface area (Å²) >= 11 is 1.20. The van der Waals surface area contributed by atoms with Crippen LogP contribution in [-0.4, -0.2) is 19.7 Å². The molecule has 0 spiro atoms. The Hall–Kier alpha value is -2.04. The van der Waals surface area contributed by atoms with Gasteiger partial charge in [-0.2, -0.15) is 13.7 Å². The third-order valence-corrected chi connectivity index (χ3v) is 3.48. The Kier molecular flexibility index (Phi) is 4.27. The normalized spacial score (nSPS) is 18.9. The molecule has 20 heavy (non-hydrogen) atoms. The number of oxime groups is 1. The number of rotatable bonds is 3. The SMILES string of the molecule is CS(=O)(=O)O/N=C1\SC=C\C1=C(\C#N)c1ccccc1. The van der Waals surface area contributed by atoms with Gasteiger partial charge in [0.1, 0.15) is 11.1 Å². The first-order chi connectivity index (χ1) is 9.51. The molecule has 0 saturated carbocycles. The van der Waals surface area contributed by atoms with Gasteiger partial charge in [0.25, 0.3) is 0 Å². The van der Waals surface area contributed by atoms with Gasteiger partial charge in [-0.25, -0.2) is 0 Å². The highest BCUT2D eigenvalue weighted by atomic mass is 32.2. The maximum absolute atomic E-state index is 11.0. The topological polar surface area (TPSA) is 79.5 Å². The van der Waals surface area contributed by atoms with Gasteiger partial charge in [-0.1, -0.05) is 47.2 Å². The first-order valence-electron chi connectivity index (χ1n) is 5.51. The number of hydrogen-bond acceptors (Lipinski definition) is 6. The zero-order valence-corrected chi connectivity index (χ0v) is 12.1. The molecule has 0 atom stereocenters. The third-order valence-electron chi connectivity index (χ3n) is 2.34. The molecule has 2 rings (SSSR count). The summed E-state index contributed by atoms with van der Waals surface area (Å²) in [4.78, 5) is 0. The molecule has 0 unspecified atom stereocenters. The molecule has 1 aliphatic rings. The van der Waals surface area contributed by atoms with Crippen LogP contribution in [0.15, 0.2) is 52.5 Å². The van der Waals surface area contributed by atoms with Gasteiger partial charge < -0.3 is 0 Å². The fourth-order valence-electron chi connectivity index (χ4n) is 1.55. The quantitative estimate of drug-likeness (QED) is 0.633.